The molecule has 2 fully saturated rings. The van der Waals surface area contributed by atoms with E-state index in [-0.39, 0.29) is 11.8 Å². The molecule has 2 aromatic heterocycles. The third kappa shape index (κ3) is 4.48. The monoisotopic (exact) mass is 395 g/mol. The van der Waals surface area contributed by atoms with Gasteiger partial charge in [0.15, 0.2) is 5.78 Å². The van der Waals surface area contributed by atoms with Gasteiger partial charge in [0.25, 0.3) is 0 Å². The predicted molar refractivity (Wildman–Crippen MR) is 115 cm³/mol. The highest BCUT2D eigenvalue weighted by atomic mass is 16.1. The Morgan fingerprint density at radius 2 is 1.90 bits per heavy atom. The van der Waals surface area contributed by atoms with E-state index in [1.54, 1.807) is 6.20 Å². The minimum Gasteiger partial charge on any atom is -0.368 e. The van der Waals surface area contributed by atoms with Gasteiger partial charge in [-0.3, -0.25) is 4.79 Å². The molecular formula is C21H29N7O. The maximum atomic E-state index is 12.0. The number of Topliss-reactive ketones (excluding diaryl/α,β-unsaturated/α-hetero) is 1. The molecule has 0 aliphatic carbocycles. The molecule has 4 rings (SSSR count). The summed E-state index contributed by atoms with van der Waals surface area (Å²) in [4.78, 5) is 32.3. The van der Waals surface area contributed by atoms with Crippen molar-refractivity contribution >= 4 is 29.1 Å². The Morgan fingerprint density at radius 3 is 2.59 bits per heavy atom. The molecular weight excluding hydrogens is 366 g/mol. The van der Waals surface area contributed by atoms with Crippen LogP contribution in [0.1, 0.15) is 20.3 Å². The Morgan fingerprint density at radius 1 is 1.10 bits per heavy atom. The lowest BCUT2D eigenvalue weighted by Crippen LogP contribution is -2.44. The number of pyridine rings is 1. The van der Waals surface area contributed by atoms with Gasteiger partial charge in [0, 0.05) is 44.8 Å². The van der Waals surface area contributed by atoms with Crippen LogP contribution in [0.15, 0.2) is 30.6 Å². The van der Waals surface area contributed by atoms with Gasteiger partial charge in [-0.1, -0.05) is 13.8 Å². The minimum absolute atomic E-state index is 0.186. The molecule has 2 aromatic rings. The lowest BCUT2D eigenvalue weighted by molar-refractivity contribution is -0.116. The summed E-state index contributed by atoms with van der Waals surface area (Å²) >= 11 is 0. The Bertz CT molecular complexity index is 846. The van der Waals surface area contributed by atoms with Gasteiger partial charge >= 0.3 is 0 Å². The largest absolute Gasteiger partial charge is 0.368 e. The highest BCUT2D eigenvalue weighted by molar-refractivity contribution is 5.87. The molecule has 2 aliphatic heterocycles. The maximum Gasteiger partial charge on any atom is 0.230 e. The first-order valence-corrected chi connectivity index (χ1v) is 10.3. The smallest absolute Gasteiger partial charge is 0.230 e. The molecule has 2 aliphatic rings. The van der Waals surface area contributed by atoms with Crippen LogP contribution in [-0.2, 0) is 4.79 Å². The van der Waals surface area contributed by atoms with Crippen LogP contribution in [0.2, 0.25) is 0 Å². The molecule has 0 spiro atoms. The van der Waals surface area contributed by atoms with Crippen LogP contribution in [0.5, 0.6) is 0 Å². The van der Waals surface area contributed by atoms with Gasteiger partial charge in [0.05, 0.1) is 18.4 Å². The van der Waals surface area contributed by atoms with Crippen LogP contribution in [-0.4, -0.2) is 71.4 Å². The fourth-order valence-corrected chi connectivity index (χ4v) is 3.96. The van der Waals surface area contributed by atoms with Gasteiger partial charge < -0.3 is 20.0 Å². The Balaban J connectivity index is 1.45. The van der Waals surface area contributed by atoms with Gasteiger partial charge in [0.2, 0.25) is 5.95 Å². The number of aromatic nitrogens is 3. The van der Waals surface area contributed by atoms with Crippen LogP contribution in [0, 0.1) is 5.92 Å². The molecule has 154 valence electrons. The molecule has 1 N–H and O–H groups in total. The van der Waals surface area contributed by atoms with E-state index < -0.39 is 0 Å². The lowest BCUT2D eigenvalue weighted by Gasteiger charge is -2.33. The number of nitrogens with one attached hydrogen (secondary N) is 1. The number of piperazine rings is 1. The van der Waals surface area contributed by atoms with E-state index in [4.69, 9.17) is 0 Å². The Kier molecular flexibility index (Phi) is 5.62. The summed E-state index contributed by atoms with van der Waals surface area (Å²) in [6, 6.07) is 6.09. The van der Waals surface area contributed by atoms with Crippen LogP contribution in [0.25, 0.3) is 0 Å². The highest BCUT2D eigenvalue weighted by Crippen LogP contribution is 2.27. The Labute approximate surface area is 172 Å². The third-order valence-corrected chi connectivity index (χ3v) is 5.74. The van der Waals surface area contributed by atoms with E-state index in [2.05, 4.69) is 61.9 Å². The third-order valence-electron chi connectivity index (χ3n) is 5.74. The second-order valence-corrected chi connectivity index (χ2v) is 8.24. The number of carbonyl (C=O) groups is 1. The SMILES string of the molecule is CC(C)C1CC(=O)CN1c1ccnc(Nc2ccc(N3CCN(C)CC3)cn2)n1. The molecule has 0 bridgehead atoms. The number of nitrogens with zero attached hydrogens (tertiary/aromatic N) is 6. The minimum atomic E-state index is 0.186. The topological polar surface area (TPSA) is 77.5 Å². The number of hydrogen-bond acceptors (Lipinski definition) is 8. The van der Waals surface area contributed by atoms with E-state index in [1.165, 1.54) is 0 Å². The van der Waals surface area contributed by atoms with E-state index in [9.17, 15) is 4.79 Å². The number of anilines is 4. The van der Waals surface area contributed by atoms with Crippen molar-refractivity contribution in [1.82, 2.24) is 19.9 Å². The molecule has 2 saturated heterocycles. The van der Waals surface area contributed by atoms with Crippen molar-refractivity contribution in [1.29, 1.82) is 0 Å². The van der Waals surface area contributed by atoms with Crippen molar-refractivity contribution in [3.8, 4) is 0 Å². The quantitative estimate of drug-likeness (QED) is 0.825. The van der Waals surface area contributed by atoms with Gasteiger partial charge in [-0.15, -0.1) is 0 Å². The Hall–Kier alpha value is -2.74. The van der Waals surface area contributed by atoms with Crippen LogP contribution >= 0.6 is 0 Å². The zero-order valence-electron chi connectivity index (χ0n) is 17.4. The zero-order chi connectivity index (χ0) is 20.4. The number of carbonyl (C=O) groups excluding carboxylic acids is 1. The summed E-state index contributed by atoms with van der Waals surface area (Å²) in [6.45, 7) is 8.86. The molecule has 0 amide bonds. The van der Waals surface area contributed by atoms with Crippen molar-refractivity contribution in [2.45, 2.75) is 26.3 Å². The number of hydrogen-bond donors (Lipinski definition) is 1. The average Bonchev–Trinajstić information content (AvgIpc) is 3.12. The fourth-order valence-electron chi connectivity index (χ4n) is 3.96. The number of ketones is 1. The molecule has 8 heteroatoms. The van der Waals surface area contributed by atoms with Crippen molar-refractivity contribution < 1.29 is 4.79 Å². The predicted octanol–water partition coefficient (Wildman–Crippen LogP) is 2.17. The second kappa shape index (κ2) is 8.32. The first-order chi connectivity index (χ1) is 14.0. The summed E-state index contributed by atoms with van der Waals surface area (Å²) in [5.41, 5.74) is 1.13. The maximum absolute atomic E-state index is 12.0. The molecule has 4 heterocycles. The van der Waals surface area contributed by atoms with Gasteiger partial charge in [-0.05, 0) is 31.2 Å². The summed E-state index contributed by atoms with van der Waals surface area (Å²) < 4.78 is 0. The molecule has 0 saturated carbocycles. The van der Waals surface area contributed by atoms with Gasteiger partial charge in [-0.25, -0.2) is 9.97 Å². The van der Waals surface area contributed by atoms with E-state index in [0.29, 0.717) is 30.6 Å². The van der Waals surface area contributed by atoms with Gasteiger partial charge in [-0.2, -0.15) is 4.98 Å². The normalized spacial score (nSPS) is 20.6. The molecule has 1 unspecified atom stereocenters. The molecule has 8 nitrogen and oxygen atoms in total. The van der Waals surface area contributed by atoms with Crippen molar-refractivity contribution in [2.24, 2.45) is 5.92 Å². The molecule has 1 atom stereocenters. The van der Waals surface area contributed by atoms with E-state index in [1.807, 2.05) is 18.3 Å². The molecule has 0 aromatic carbocycles. The van der Waals surface area contributed by atoms with Gasteiger partial charge in [0.1, 0.15) is 11.6 Å². The first kappa shape index (κ1) is 19.6. The lowest BCUT2D eigenvalue weighted by atomic mass is 10.0. The average molecular weight is 396 g/mol. The van der Waals surface area contributed by atoms with E-state index >= 15 is 0 Å². The zero-order valence-corrected chi connectivity index (χ0v) is 17.4. The number of likely N-dealkylation sites (N-methyl/N-ethyl adjacent to an activating group) is 1. The van der Waals surface area contributed by atoms with Crippen molar-refractivity contribution in [3.05, 3.63) is 30.6 Å². The van der Waals surface area contributed by atoms with Crippen LogP contribution in [0.4, 0.5) is 23.3 Å². The summed E-state index contributed by atoms with van der Waals surface area (Å²) in [6.07, 6.45) is 4.20. The standard InChI is InChI=1S/C21H29N7O/c1-15(2)18-12-17(29)14-28(18)20-6-7-22-21(25-20)24-19-5-4-16(13-23-19)27-10-8-26(3)9-11-27/h4-7,13,15,18H,8-12,14H2,1-3H3,(H,22,23,24,25). The number of rotatable bonds is 5. The molecule has 29 heavy (non-hydrogen) atoms. The van der Waals surface area contributed by atoms with Crippen LogP contribution in [0.3, 0.4) is 0 Å². The first-order valence-electron chi connectivity index (χ1n) is 10.3. The van der Waals surface area contributed by atoms with E-state index in [0.717, 1.165) is 37.7 Å². The van der Waals surface area contributed by atoms with Crippen molar-refractivity contribution in [3.63, 3.8) is 0 Å². The summed E-state index contributed by atoms with van der Waals surface area (Å²) in [7, 11) is 2.15. The second-order valence-electron chi connectivity index (χ2n) is 8.24. The summed E-state index contributed by atoms with van der Waals surface area (Å²) in [5.74, 6) is 2.62. The molecule has 0 radical (unpaired) electrons. The summed E-state index contributed by atoms with van der Waals surface area (Å²) in [5, 5.41) is 3.19. The fraction of sp³-hybridized carbons (Fsp3) is 0.524. The van der Waals surface area contributed by atoms with Crippen molar-refractivity contribution in [2.75, 3.05) is 54.9 Å². The van der Waals surface area contributed by atoms with Crippen LogP contribution < -0.4 is 15.1 Å². The highest BCUT2D eigenvalue weighted by Gasteiger charge is 2.33.